The number of carbonyl (C=O) groups excluding carboxylic acids is 1. The summed E-state index contributed by atoms with van der Waals surface area (Å²) in [7, 11) is 0. The Balaban J connectivity index is 1.91. The summed E-state index contributed by atoms with van der Waals surface area (Å²) in [6.45, 7) is 0.965. The van der Waals surface area contributed by atoms with Gasteiger partial charge in [-0.05, 0) is 31.2 Å². The number of para-hydroxylation sites is 2. The van der Waals surface area contributed by atoms with Crippen molar-refractivity contribution in [1.29, 1.82) is 0 Å². The van der Waals surface area contributed by atoms with Crippen molar-refractivity contribution in [3.05, 3.63) is 84.2 Å². The molecule has 142 valence electrons. The summed E-state index contributed by atoms with van der Waals surface area (Å²) in [5.41, 5.74) is 2.21. The highest BCUT2D eigenvalue weighted by molar-refractivity contribution is 5.90. The van der Waals surface area contributed by atoms with E-state index >= 15 is 0 Å². The Labute approximate surface area is 162 Å². The van der Waals surface area contributed by atoms with Crippen LogP contribution in [0.1, 0.15) is 18.2 Å². The number of amides is 1. The van der Waals surface area contributed by atoms with Crippen molar-refractivity contribution in [1.82, 2.24) is 9.47 Å². The van der Waals surface area contributed by atoms with Crippen molar-refractivity contribution >= 4 is 17.6 Å². The van der Waals surface area contributed by atoms with Crippen molar-refractivity contribution in [3.63, 3.8) is 0 Å². The van der Waals surface area contributed by atoms with E-state index in [0.29, 0.717) is 17.2 Å². The number of fused-ring (bicyclic) bond motifs is 3. The molecule has 0 spiro atoms. The number of halogens is 1. The first-order valence-electron chi connectivity index (χ1n) is 9.00. The molecule has 28 heavy (non-hydrogen) atoms. The lowest BCUT2D eigenvalue weighted by Crippen LogP contribution is -2.30. The van der Waals surface area contributed by atoms with E-state index in [9.17, 15) is 9.18 Å². The first-order chi connectivity index (χ1) is 13.7. The molecule has 0 saturated carbocycles. The van der Waals surface area contributed by atoms with Crippen LogP contribution in [0.5, 0.6) is 5.75 Å². The molecule has 1 amide bonds. The van der Waals surface area contributed by atoms with Crippen LogP contribution in [0.2, 0.25) is 0 Å². The fourth-order valence-corrected chi connectivity index (χ4v) is 3.08. The van der Waals surface area contributed by atoms with E-state index in [-0.39, 0.29) is 12.3 Å². The Hall–Kier alpha value is -3.54. The third-order valence-corrected chi connectivity index (χ3v) is 4.53. The standard InChI is InChI=1S/C22H19FN2O3/c1-2-24(15-23)22(26)28-21-18-12-8-14-25(18)17-11-6-7-13-19(17)27-20(21)16-9-4-3-5-10-16/h3-14H,2,15H2,1H3/i23-1. The molecule has 0 bridgehead atoms. The number of aromatic nitrogens is 1. The zero-order chi connectivity index (χ0) is 19.5. The lowest BCUT2D eigenvalue weighted by atomic mass is 10.1. The Morgan fingerprint density at radius 1 is 1.07 bits per heavy atom. The average molecular weight is 377 g/mol. The average Bonchev–Trinajstić information content (AvgIpc) is 3.17. The zero-order valence-electron chi connectivity index (χ0n) is 15.3. The fourth-order valence-electron chi connectivity index (χ4n) is 3.08. The predicted octanol–water partition coefficient (Wildman–Crippen LogP) is 5.08. The normalized spacial score (nSPS) is 12.5. The fraction of sp³-hybridized carbons (Fsp3) is 0.136. The molecular formula is C22H19FN2O3. The lowest BCUT2D eigenvalue weighted by Gasteiger charge is -2.19. The van der Waals surface area contributed by atoms with Gasteiger partial charge in [0, 0.05) is 18.3 Å². The molecule has 3 aromatic rings. The van der Waals surface area contributed by atoms with Gasteiger partial charge in [0.2, 0.25) is 0 Å². The summed E-state index contributed by atoms with van der Waals surface area (Å²) >= 11 is 0. The molecule has 0 saturated heterocycles. The van der Waals surface area contributed by atoms with E-state index in [1.54, 1.807) is 6.92 Å². The number of nitrogens with zero attached hydrogens (tertiary/aromatic N) is 2. The SMILES string of the molecule is CCN(C[18F])C(=O)OC1=C(c2ccccc2)Oc2ccccc2-n2cccc21. The molecular weight excluding hydrogens is 358 g/mol. The van der Waals surface area contributed by atoms with Gasteiger partial charge >= 0.3 is 6.09 Å². The van der Waals surface area contributed by atoms with Gasteiger partial charge in [0.05, 0.1) is 11.4 Å². The second kappa shape index (κ2) is 7.60. The molecule has 2 aromatic carbocycles. The Kier molecular flexibility index (Phi) is 4.85. The van der Waals surface area contributed by atoms with Crippen molar-refractivity contribution in [2.45, 2.75) is 6.92 Å². The maximum Gasteiger partial charge on any atom is 0.417 e. The number of hydrogen-bond donors (Lipinski definition) is 0. The summed E-state index contributed by atoms with van der Waals surface area (Å²) < 4.78 is 27.0. The smallest absolute Gasteiger partial charge is 0.417 e. The quantitative estimate of drug-likeness (QED) is 0.596. The van der Waals surface area contributed by atoms with Crippen LogP contribution in [-0.2, 0) is 4.74 Å². The molecule has 0 aliphatic carbocycles. The van der Waals surface area contributed by atoms with Gasteiger partial charge in [-0.2, -0.15) is 0 Å². The Bertz CT molecular complexity index is 1020. The van der Waals surface area contributed by atoms with Crippen LogP contribution in [0.3, 0.4) is 0 Å². The topological polar surface area (TPSA) is 43.7 Å². The van der Waals surface area contributed by atoms with Gasteiger partial charge in [0.15, 0.2) is 24.1 Å². The molecule has 0 N–H and O–H groups in total. The third kappa shape index (κ3) is 3.13. The minimum absolute atomic E-state index is 0.200. The van der Waals surface area contributed by atoms with Crippen molar-refractivity contribution < 1.29 is 18.7 Å². The molecule has 2 heterocycles. The molecule has 1 aromatic heterocycles. The summed E-state index contributed by atoms with van der Waals surface area (Å²) in [5.74, 6) is 1.26. The van der Waals surface area contributed by atoms with Gasteiger partial charge in [-0.3, -0.25) is 4.90 Å². The number of alkyl halides is 1. The molecule has 0 radical (unpaired) electrons. The van der Waals surface area contributed by atoms with Gasteiger partial charge in [0.1, 0.15) is 0 Å². The van der Waals surface area contributed by atoms with E-state index in [2.05, 4.69) is 0 Å². The van der Waals surface area contributed by atoms with Crippen LogP contribution >= 0.6 is 0 Å². The number of benzene rings is 2. The van der Waals surface area contributed by atoms with Crippen LogP contribution in [0.25, 0.3) is 17.2 Å². The predicted molar refractivity (Wildman–Crippen MR) is 104 cm³/mol. The first-order valence-corrected chi connectivity index (χ1v) is 9.00. The summed E-state index contributed by atoms with van der Waals surface area (Å²) in [6, 6.07) is 20.7. The highest BCUT2D eigenvalue weighted by Crippen LogP contribution is 2.38. The summed E-state index contributed by atoms with van der Waals surface area (Å²) in [5, 5.41) is 0. The molecule has 0 atom stereocenters. The van der Waals surface area contributed by atoms with Crippen LogP contribution in [0, 0.1) is 0 Å². The summed E-state index contributed by atoms with van der Waals surface area (Å²) in [6.07, 6.45) is 1.10. The monoisotopic (exact) mass is 377 g/mol. The number of carbonyl (C=O) groups is 1. The second-order valence-corrected chi connectivity index (χ2v) is 6.20. The van der Waals surface area contributed by atoms with Gasteiger partial charge in [0.25, 0.3) is 0 Å². The minimum Gasteiger partial charge on any atom is -0.451 e. The largest absolute Gasteiger partial charge is 0.451 e. The minimum atomic E-state index is -0.925. The lowest BCUT2D eigenvalue weighted by molar-refractivity contribution is 0.124. The highest BCUT2D eigenvalue weighted by Gasteiger charge is 2.28. The van der Waals surface area contributed by atoms with Crippen LogP contribution < -0.4 is 4.74 Å². The maximum atomic E-state index is 13.2. The van der Waals surface area contributed by atoms with Crippen molar-refractivity contribution in [2.24, 2.45) is 0 Å². The molecule has 4 rings (SSSR count). The third-order valence-electron chi connectivity index (χ3n) is 4.53. The molecule has 1 aliphatic heterocycles. The van der Waals surface area contributed by atoms with Gasteiger partial charge in [-0.15, -0.1) is 0 Å². The molecule has 6 heteroatoms. The zero-order valence-corrected chi connectivity index (χ0v) is 15.3. The maximum absolute atomic E-state index is 13.2. The number of hydrogen-bond acceptors (Lipinski definition) is 3. The van der Waals surface area contributed by atoms with E-state index in [1.165, 1.54) is 0 Å². The number of rotatable bonds is 4. The van der Waals surface area contributed by atoms with Crippen molar-refractivity contribution in [3.8, 4) is 11.4 Å². The van der Waals surface area contributed by atoms with Gasteiger partial charge in [-0.25, -0.2) is 9.18 Å². The van der Waals surface area contributed by atoms with E-state index in [4.69, 9.17) is 9.47 Å². The van der Waals surface area contributed by atoms with E-state index in [1.807, 2.05) is 77.5 Å². The Morgan fingerprint density at radius 3 is 2.57 bits per heavy atom. The van der Waals surface area contributed by atoms with Gasteiger partial charge < -0.3 is 14.0 Å². The van der Waals surface area contributed by atoms with Crippen LogP contribution in [0.15, 0.2) is 72.9 Å². The molecule has 1 aliphatic rings. The van der Waals surface area contributed by atoms with E-state index < -0.39 is 12.9 Å². The summed E-state index contributed by atoms with van der Waals surface area (Å²) in [4.78, 5) is 13.5. The molecule has 5 nitrogen and oxygen atoms in total. The van der Waals surface area contributed by atoms with Crippen LogP contribution in [0.4, 0.5) is 9.18 Å². The number of ether oxygens (including phenoxy) is 2. The van der Waals surface area contributed by atoms with Crippen molar-refractivity contribution in [2.75, 3.05) is 13.3 Å². The second-order valence-electron chi connectivity index (χ2n) is 6.20. The van der Waals surface area contributed by atoms with E-state index in [0.717, 1.165) is 16.2 Å². The van der Waals surface area contributed by atoms with Gasteiger partial charge in [-0.1, -0.05) is 42.5 Å². The molecule has 0 fully saturated rings. The Morgan fingerprint density at radius 2 is 1.82 bits per heavy atom. The first kappa shape index (κ1) is 17.9. The highest BCUT2D eigenvalue weighted by atomic mass is 18.2. The van der Waals surface area contributed by atoms with Crippen LogP contribution in [-0.4, -0.2) is 28.9 Å². The molecule has 0 unspecified atom stereocenters.